The topological polar surface area (TPSA) is 29.9 Å². The lowest BCUT2D eigenvalue weighted by atomic mass is 10.1. The van der Waals surface area contributed by atoms with Crippen molar-refractivity contribution in [1.29, 1.82) is 0 Å². The summed E-state index contributed by atoms with van der Waals surface area (Å²) >= 11 is 0. The van der Waals surface area contributed by atoms with Gasteiger partial charge in [0.05, 0.1) is 11.2 Å². The largest absolute Gasteiger partial charge is 0.354 e. The van der Waals surface area contributed by atoms with Crippen LogP contribution in [0.4, 0.5) is 11.4 Å². The fraction of sp³-hybridized carbons (Fsp3) is 0.409. The summed E-state index contributed by atoms with van der Waals surface area (Å²) in [6, 6.07) is 13.0. The standard InChI is InChI=1S/C22H29N3/c1-6-7-11-25-20-10-8-9-19(21(20)24-22(25)15(2)3)23-18-13-16(4)12-17(5)14-18/h8-10,12-15,23H,6-7,11H2,1-5H3. The minimum Gasteiger partial charge on any atom is -0.354 e. The maximum absolute atomic E-state index is 5.01. The number of aryl methyl sites for hydroxylation is 3. The third kappa shape index (κ3) is 3.71. The van der Waals surface area contributed by atoms with Gasteiger partial charge in [-0.1, -0.05) is 39.3 Å². The van der Waals surface area contributed by atoms with Crippen molar-refractivity contribution in [3.05, 3.63) is 53.3 Å². The number of aromatic nitrogens is 2. The molecule has 0 aliphatic carbocycles. The predicted molar refractivity (Wildman–Crippen MR) is 108 cm³/mol. The molecule has 3 nitrogen and oxygen atoms in total. The molecular formula is C22H29N3. The van der Waals surface area contributed by atoms with Crippen LogP contribution >= 0.6 is 0 Å². The van der Waals surface area contributed by atoms with E-state index in [9.17, 15) is 0 Å². The molecule has 1 N–H and O–H groups in total. The van der Waals surface area contributed by atoms with Gasteiger partial charge in [0.2, 0.25) is 0 Å². The van der Waals surface area contributed by atoms with Crippen LogP contribution in [-0.4, -0.2) is 9.55 Å². The molecule has 3 rings (SSSR count). The summed E-state index contributed by atoms with van der Waals surface area (Å²) in [7, 11) is 0. The number of nitrogens with one attached hydrogen (secondary N) is 1. The molecule has 0 radical (unpaired) electrons. The third-order valence-corrected chi connectivity index (χ3v) is 4.56. The molecule has 0 atom stereocenters. The van der Waals surface area contributed by atoms with Gasteiger partial charge in [0, 0.05) is 18.2 Å². The van der Waals surface area contributed by atoms with Gasteiger partial charge < -0.3 is 9.88 Å². The first-order chi connectivity index (χ1) is 12.0. The fourth-order valence-corrected chi connectivity index (χ4v) is 3.46. The molecule has 0 spiro atoms. The van der Waals surface area contributed by atoms with Gasteiger partial charge in [0.15, 0.2) is 0 Å². The summed E-state index contributed by atoms with van der Waals surface area (Å²) in [6.07, 6.45) is 2.37. The smallest absolute Gasteiger partial charge is 0.112 e. The lowest BCUT2D eigenvalue weighted by molar-refractivity contribution is 0.595. The Hall–Kier alpha value is -2.29. The highest BCUT2D eigenvalue weighted by Crippen LogP contribution is 2.30. The molecule has 0 bridgehead atoms. The van der Waals surface area contributed by atoms with E-state index in [2.05, 4.69) is 80.9 Å². The zero-order chi connectivity index (χ0) is 18.0. The maximum atomic E-state index is 5.01. The van der Waals surface area contributed by atoms with E-state index < -0.39 is 0 Å². The average Bonchev–Trinajstić information content (AvgIpc) is 2.92. The van der Waals surface area contributed by atoms with Gasteiger partial charge in [0.1, 0.15) is 11.3 Å². The summed E-state index contributed by atoms with van der Waals surface area (Å²) in [5.74, 6) is 1.59. The lowest BCUT2D eigenvalue weighted by Gasteiger charge is -2.11. The van der Waals surface area contributed by atoms with Crippen LogP contribution in [0.25, 0.3) is 11.0 Å². The molecule has 1 heterocycles. The van der Waals surface area contributed by atoms with Gasteiger partial charge >= 0.3 is 0 Å². The fourth-order valence-electron chi connectivity index (χ4n) is 3.46. The molecule has 0 aliphatic heterocycles. The summed E-state index contributed by atoms with van der Waals surface area (Å²) in [6.45, 7) is 12.0. The van der Waals surface area contributed by atoms with Crippen LogP contribution in [0.5, 0.6) is 0 Å². The van der Waals surface area contributed by atoms with E-state index >= 15 is 0 Å². The highest BCUT2D eigenvalue weighted by molar-refractivity contribution is 5.91. The van der Waals surface area contributed by atoms with Crippen molar-refractivity contribution in [2.24, 2.45) is 0 Å². The SMILES string of the molecule is CCCCn1c(C(C)C)nc2c(Nc3cc(C)cc(C)c3)cccc21. The number of nitrogens with zero attached hydrogens (tertiary/aromatic N) is 2. The summed E-state index contributed by atoms with van der Waals surface area (Å²) in [5.41, 5.74) is 7.05. The second kappa shape index (κ2) is 7.30. The van der Waals surface area contributed by atoms with Crippen molar-refractivity contribution in [3.8, 4) is 0 Å². The van der Waals surface area contributed by atoms with Gasteiger partial charge in [-0.05, 0) is 55.7 Å². The molecule has 0 amide bonds. The van der Waals surface area contributed by atoms with E-state index in [1.165, 1.54) is 35.3 Å². The molecule has 3 heteroatoms. The first-order valence-corrected chi connectivity index (χ1v) is 9.34. The van der Waals surface area contributed by atoms with E-state index in [1.54, 1.807) is 0 Å². The second-order valence-corrected chi connectivity index (χ2v) is 7.30. The highest BCUT2D eigenvalue weighted by Gasteiger charge is 2.15. The maximum Gasteiger partial charge on any atom is 0.112 e. The van der Waals surface area contributed by atoms with Gasteiger partial charge in [-0.2, -0.15) is 0 Å². The predicted octanol–water partition coefficient (Wildman–Crippen LogP) is 6.32. The van der Waals surface area contributed by atoms with Crippen LogP contribution in [0.2, 0.25) is 0 Å². The minimum atomic E-state index is 0.415. The van der Waals surface area contributed by atoms with E-state index in [-0.39, 0.29) is 0 Å². The number of fused-ring (bicyclic) bond motifs is 1. The quantitative estimate of drug-likeness (QED) is 0.571. The zero-order valence-corrected chi connectivity index (χ0v) is 16.1. The second-order valence-electron chi connectivity index (χ2n) is 7.30. The summed E-state index contributed by atoms with van der Waals surface area (Å²) < 4.78 is 2.40. The van der Waals surface area contributed by atoms with E-state index in [0.29, 0.717) is 5.92 Å². The Balaban J connectivity index is 2.07. The Morgan fingerprint density at radius 3 is 2.44 bits per heavy atom. The average molecular weight is 335 g/mol. The van der Waals surface area contributed by atoms with Crippen molar-refractivity contribution in [3.63, 3.8) is 0 Å². The third-order valence-electron chi connectivity index (χ3n) is 4.56. The van der Waals surface area contributed by atoms with E-state index in [4.69, 9.17) is 4.98 Å². The van der Waals surface area contributed by atoms with Crippen LogP contribution in [0, 0.1) is 13.8 Å². The molecule has 0 unspecified atom stereocenters. The Morgan fingerprint density at radius 2 is 1.80 bits per heavy atom. The Kier molecular flexibility index (Phi) is 5.12. The van der Waals surface area contributed by atoms with Crippen molar-refractivity contribution in [2.75, 3.05) is 5.32 Å². The van der Waals surface area contributed by atoms with Gasteiger partial charge in [-0.15, -0.1) is 0 Å². The first kappa shape index (κ1) is 17.5. The zero-order valence-electron chi connectivity index (χ0n) is 16.1. The molecule has 3 aromatic rings. The summed E-state index contributed by atoms with van der Waals surface area (Å²) in [4.78, 5) is 5.01. The van der Waals surface area contributed by atoms with Crippen LogP contribution in [0.3, 0.4) is 0 Å². The normalized spacial score (nSPS) is 11.4. The minimum absolute atomic E-state index is 0.415. The number of unbranched alkanes of at least 4 members (excludes halogenated alkanes) is 1. The van der Waals surface area contributed by atoms with E-state index in [1.807, 2.05) is 0 Å². The number of benzene rings is 2. The Bertz CT molecular complexity index is 854. The van der Waals surface area contributed by atoms with Crippen molar-refractivity contribution >= 4 is 22.4 Å². The number of hydrogen-bond acceptors (Lipinski definition) is 2. The molecule has 0 saturated carbocycles. The first-order valence-electron chi connectivity index (χ1n) is 9.34. The molecule has 0 saturated heterocycles. The lowest BCUT2D eigenvalue weighted by Crippen LogP contribution is -2.05. The number of imidazole rings is 1. The molecule has 25 heavy (non-hydrogen) atoms. The molecule has 2 aromatic carbocycles. The van der Waals surface area contributed by atoms with Crippen molar-refractivity contribution < 1.29 is 0 Å². The molecule has 1 aromatic heterocycles. The highest BCUT2D eigenvalue weighted by atomic mass is 15.1. The van der Waals surface area contributed by atoms with Crippen LogP contribution in [0.1, 0.15) is 56.5 Å². The van der Waals surface area contributed by atoms with Crippen molar-refractivity contribution in [1.82, 2.24) is 9.55 Å². The number of rotatable bonds is 6. The Labute approximate surface area is 151 Å². The Morgan fingerprint density at radius 1 is 1.08 bits per heavy atom. The van der Waals surface area contributed by atoms with E-state index in [0.717, 1.165) is 23.4 Å². The van der Waals surface area contributed by atoms with Crippen LogP contribution in [-0.2, 0) is 6.54 Å². The van der Waals surface area contributed by atoms with Crippen LogP contribution in [0.15, 0.2) is 36.4 Å². The number of para-hydroxylation sites is 1. The van der Waals surface area contributed by atoms with Gasteiger partial charge in [0.25, 0.3) is 0 Å². The number of hydrogen-bond donors (Lipinski definition) is 1. The monoisotopic (exact) mass is 335 g/mol. The molecule has 132 valence electrons. The molecule has 0 fully saturated rings. The van der Waals surface area contributed by atoms with Crippen molar-refractivity contribution in [2.45, 2.75) is 59.9 Å². The van der Waals surface area contributed by atoms with Gasteiger partial charge in [-0.25, -0.2) is 4.98 Å². The molecule has 0 aliphatic rings. The van der Waals surface area contributed by atoms with Gasteiger partial charge in [-0.3, -0.25) is 0 Å². The number of anilines is 2. The molecular weight excluding hydrogens is 306 g/mol. The van der Waals surface area contributed by atoms with Crippen LogP contribution < -0.4 is 5.32 Å². The summed E-state index contributed by atoms with van der Waals surface area (Å²) in [5, 5.41) is 3.59.